The summed E-state index contributed by atoms with van der Waals surface area (Å²) in [5, 5.41) is -0.966. The van der Waals surface area contributed by atoms with Crippen LogP contribution in [0.1, 0.15) is 53.2 Å². The molecular weight excluding hydrogens is 289 g/mol. The molecule has 0 unspecified atom stereocenters. The molecule has 0 spiro atoms. The van der Waals surface area contributed by atoms with Crippen molar-refractivity contribution in [2.75, 3.05) is 6.54 Å². The van der Waals surface area contributed by atoms with Crippen molar-refractivity contribution in [3.63, 3.8) is 0 Å². The van der Waals surface area contributed by atoms with E-state index in [-0.39, 0.29) is 22.5 Å². The third-order valence-electron chi connectivity index (χ3n) is 3.91. The van der Waals surface area contributed by atoms with E-state index in [9.17, 15) is 18.0 Å². The molecule has 0 radical (unpaired) electrons. The Balaban J connectivity index is 2.09. The molecule has 20 heavy (non-hydrogen) atoms. The van der Waals surface area contributed by atoms with Crippen molar-refractivity contribution in [2.24, 2.45) is 11.1 Å². The van der Waals surface area contributed by atoms with Gasteiger partial charge >= 0.3 is 6.18 Å². The number of hydrogen-bond donors (Lipinski definition) is 1. The lowest BCUT2D eigenvalue weighted by Gasteiger charge is -2.35. The lowest BCUT2D eigenvalue weighted by molar-refractivity contribution is -0.137. The largest absolute Gasteiger partial charge is 0.443 e. The van der Waals surface area contributed by atoms with Gasteiger partial charge in [0.1, 0.15) is 0 Å². The number of aromatic nitrogens is 1. The highest BCUT2D eigenvalue weighted by atomic mass is 32.1. The van der Waals surface area contributed by atoms with E-state index in [4.69, 9.17) is 5.73 Å². The van der Waals surface area contributed by atoms with Crippen molar-refractivity contribution < 1.29 is 18.0 Å². The van der Waals surface area contributed by atoms with Gasteiger partial charge in [0.15, 0.2) is 10.8 Å². The Labute approximate surface area is 119 Å². The van der Waals surface area contributed by atoms with E-state index in [1.807, 2.05) is 0 Å². The van der Waals surface area contributed by atoms with Crippen LogP contribution in [0.4, 0.5) is 13.2 Å². The SMILES string of the molecule is NCC1(CC(=O)c2cnc(C(F)(F)F)s2)CCCCC1. The van der Waals surface area contributed by atoms with Gasteiger partial charge < -0.3 is 5.73 Å². The van der Waals surface area contributed by atoms with E-state index in [1.165, 1.54) is 0 Å². The predicted molar refractivity (Wildman–Crippen MR) is 70.6 cm³/mol. The van der Waals surface area contributed by atoms with E-state index in [1.54, 1.807) is 0 Å². The van der Waals surface area contributed by atoms with E-state index < -0.39 is 11.2 Å². The topological polar surface area (TPSA) is 56.0 Å². The number of ketones is 1. The number of carbonyl (C=O) groups excluding carboxylic acids is 1. The smallest absolute Gasteiger partial charge is 0.330 e. The average Bonchev–Trinajstić information content (AvgIpc) is 2.89. The molecule has 1 heterocycles. The third-order valence-corrected chi connectivity index (χ3v) is 4.99. The summed E-state index contributed by atoms with van der Waals surface area (Å²) in [6.07, 6.45) is 1.71. The minimum atomic E-state index is -4.49. The average molecular weight is 306 g/mol. The number of hydrogen-bond acceptors (Lipinski definition) is 4. The van der Waals surface area contributed by atoms with E-state index in [2.05, 4.69) is 4.98 Å². The molecule has 0 atom stereocenters. The van der Waals surface area contributed by atoms with Crippen molar-refractivity contribution in [3.8, 4) is 0 Å². The molecule has 0 saturated heterocycles. The zero-order chi connectivity index (χ0) is 14.8. The van der Waals surface area contributed by atoms with Gasteiger partial charge in [0.25, 0.3) is 0 Å². The third kappa shape index (κ3) is 3.38. The van der Waals surface area contributed by atoms with Gasteiger partial charge in [-0.15, -0.1) is 11.3 Å². The minimum Gasteiger partial charge on any atom is -0.330 e. The number of rotatable bonds is 4. The Morgan fingerprint density at radius 2 is 2.00 bits per heavy atom. The Morgan fingerprint density at radius 1 is 1.35 bits per heavy atom. The van der Waals surface area contributed by atoms with Crippen LogP contribution in [0.25, 0.3) is 0 Å². The molecule has 7 heteroatoms. The molecule has 1 aliphatic rings. The van der Waals surface area contributed by atoms with Crippen LogP contribution in [0.5, 0.6) is 0 Å². The Hall–Kier alpha value is -0.950. The molecular formula is C13H17F3N2OS. The summed E-state index contributed by atoms with van der Waals surface area (Å²) >= 11 is 0.419. The quantitative estimate of drug-likeness (QED) is 0.864. The molecule has 2 N–H and O–H groups in total. The van der Waals surface area contributed by atoms with Gasteiger partial charge in [-0.25, -0.2) is 4.98 Å². The van der Waals surface area contributed by atoms with Crippen LogP contribution in [0.3, 0.4) is 0 Å². The summed E-state index contributed by atoms with van der Waals surface area (Å²) in [6, 6.07) is 0. The first-order chi connectivity index (χ1) is 9.36. The maximum Gasteiger partial charge on any atom is 0.443 e. The van der Waals surface area contributed by atoms with Crippen LogP contribution in [-0.2, 0) is 6.18 Å². The number of alkyl halides is 3. The van der Waals surface area contributed by atoms with Gasteiger partial charge in [0, 0.05) is 12.6 Å². The fourth-order valence-electron chi connectivity index (χ4n) is 2.72. The van der Waals surface area contributed by atoms with Crippen molar-refractivity contribution in [3.05, 3.63) is 16.1 Å². The Morgan fingerprint density at radius 3 is 2.50 bits per heavy atom. The molecule has 0 bridgehead atoms. The van der Waals surface area contributed by atoms with Crippen LogP contribution in [0.2, 0.25) is 0 Å². The molecule has 0 aliphatic heterocycles. The number of Topliss-reactive ketones (excluding diaryl/α,β-unsaturated/α-hetero) is 1. The molecule has 1 aromatic heterocycles. The normalized spacial score (nSPS) is 19.0. The Bertz CT molecular complexity index is 478. The number of carbonyl (C=O) groups is 1. The van der Waals surface area contributed by atoms with Gasteiger partial charge in [-0.05, 0) is 24.8 Å². The maximum atomic E-state index is 12.5. The molecule has 0 aromatic carbocycles. The van der Waals surface area contributed by atoms with Gasteiger partial charge in [-0.1, -0.05) is 19.3 Å². The highest BCUT2D eigenvalue weighted by molar-refractivity contribution is 7.13. The predicted octanol–water partition coefficient (Wildman–Crippen LogP) is 3.64. The van der Waals surface area contributed by atoms with Crippen molar-refractivity contribution >= 4 is 17.1 Å². The monoisotopic (exact) mass is 306 g/mol. The second-order valence-electron chi connectivity index (χ2n) is 5.39. The van der Waals surface area contributed by atoms with Crippen LogP contribution in [-0.4, -0.2) is 17.3 Å². The summed E-state index contributed by atoms with van der Waals surface area (Å²) in [7, 11) is 0. The first kappa shape index (κ1) is 15.4. The van der Waals surface area contributed by atoms with E-state index in [0.717, 1.165) is 38.3 Å². The van der Waals surface area contributed by atoms with Crippen molar-refractivity contribution in [1.29, 1.82) is 0 Å². The number of nitrogens with zero attached hydrogens (tertiary/aromatic N) is 1. The van der Waals surface area contributed by atoms with Crippen LogP contribution < -0.4 is 5.73 Å². The van der Waals surface area contributed by atoms with E-state index >= 15 is 0 Å². The lowest BCUT2D eigenvalue weighted by atomic mass is 9.71. The number of halogens is 3. The zero-order valence-corrected chi connectivity index (χ0v) is 11.8. The standard InChI is InChI=1S/C13H17F3N2OS/c14-13(15,16)11-18-7-10(20-11)9(19)6-12(8-17)4-2-1-3-5-12/h7H,1-6,8,17H2. The summed E-state index contributed by atoms with van der Waals surface area (Å²) in [4.78, 5) is 15.5. The highest BCUT2D eigenvalue weighted by Gasteiger charge is 2.37. The van der Waals surface area contributed by atoms with Crippen LogP contribution in [0, 0.1) is 5.41 Å². The molecule has 1 aliphatic carbocycles. The highest BCUT2D eigenvalue weighted by Crippen LogP contribution is 2.40. The van der Waals surface area contributed by atoms with Gasteiger partial charge in [0.05, 0.1) is 4.88 Å². The molecule has 1 aromatic rings. The van der Waals surface area contributed by atoms with Gasteiger partial charge in [0.2, 0.25) is 0 Å². The lowest BCUT2D eigenvalue weighted by Crippen LogP contribution is -2.34. The first-order valence-electron chi connectivity index (χ1n) is 6.63. The number of nitrogens with two attached hydrogens (primary N) is 1. The number of thiazole rings is 1. The molecule has 2 rings (SSSR count). The molecule has 1 fully saturated rings. The van der Waals surface area contributed by atoms with Crippen molar-refractivity contribution in [1.82, 2.24) is 4.98 Å². The molecule has 1 saturated carbocycles. The summed E-state index contributed by atoms with van der Waals surface area (Å²) in [6.45, 7) is 0.406. The summed E-state index contributed by atoms with van der Waals surface area (Å²) in [5.74, 6) is -0.273. The van der Waals surface area contributed by atoms with Crippen LogP contribution >= 0.6 is 11.3 Å². The maximum absolute atomic E-state index is 12.5. The van der Waals surface area contributed by atoms with Crippen LogP contribution in [0.15, 0.2) is 6.20 Å². The minimum absolute atomic E-state index is 0.0794. The second kappa shape index (κ2) is 5.81. The van der Waals surface area contributed by atoms with Gasteiger partial charge in [-0.3, -0.25) is 4.79 Å². The molecule has 3 nitrogen and oxygen atoms in total. The van der Waals surface area contributed by atoms with E-state index in [0.29, 0.717) is 17.9 Å². The van der Waals surface area contributed by atoms with Crippen molar-refractivity contribution in [2.45, 2.75) is 44.7 Å². The molecule has 0 amide bonds. The summed E-state index contributed by atoms with van der Waals surface area (Å²) < 4.78 is 37.4. The Kier molecular flexibility index (Phi) is 4.49. The second-order valence-corrected chi connectivity index (χ2v) is 6.42. The fraction of sp³-hybridized carbons (Fsp3) is 0.692. The zero-order valence-electron chi connectivity index (χ0n) is 11.0. The van der Waals surface area contributed by atoms with Gasteiger partial charge in [-0.2, -0.15) is 13.2 Å². The fourth-order valence-corrected chi connectivity index (χ4v) is 3.44. The molecule has 112 valence electrons. The first-order valence-corrected chi connectivity index (χ1v) is 7.44. The summed E-state index contributed by atoms with van der Waals surface area (Å²) in [5.41, 5.74) is 5.56.